The van der Waals surface area contributed by atoms with E-state index >= 15 is 0 Å². The number of amides is 2. The molecule has 1 aliphatic heterocycles. The van der Waals surface area contributed by atoms with Crippen LogP contribution in [-0.2, 0) is 9.53 Å². The molecule has 2 amide bonds. The van der Waals surface area contributed by atoms with E-state index in [0.717, 1.165) is 58.0 Å². The smallest absolute Gasteiger partial charge is 0.410 e. The molecule has 2 rings (SSSR count). The van der Waals surface area contributed by atoms with Crippen molar-refractivity contribution in [3.63, 3.8) is 0 Å². The molecule has 176 valence electrons. The molecule has 2 atom stereocenters. The third-order valence-corrected chi connectivity index (χ3v) is 6.47. The highest BCUT2D eigenvalue weighted by Crippen LogP contribution is 2.28. The van der Waals surface area contributed by atoms with E-state index in [9.17, 15) is 14.9 Å². The van der Waals surface area contributed by atoms with E-state index in [-0.39, 0.29) is 24.1 Å². The van der Waals surface area contributed by atoms with E-state index in [1.165, 1.54) is 0 Å². The number of piperidine rings is 1. The molecular weight excluding hydrogens is 392 g/mol. The Balaban J connectivity index is 1.97. The number of nitrogens with one attached hydrogen (secondary N) is 1. The molecule has 31 heavy (non-hydrogen) atoms. The summed E-state index contributed by atoms with van der Waals surface area (Å²) < 4.78 is 5.60. The minimum atomic E-state index is -0.704. The van der Waals surface area contributed by atoms with Crippen LogP contribution >= 0.6 is 0 Å². The summed E-state index contributed by atoms with van der Waals surface area (Å²) in [6, 6.07) is 2.14. The third-order valence-electron chi connectivity index (χ3n) is 6.47. The molecule has 0 aromatic rings. The van der Waals surface area contributed by atoms with Crippen LogP contribution in [0.1, 0.15) is 86.5 Å². The fraction of sp³-hybridized carbons (Fsp3) is 0.875. The maximum absolute atomic E-state index is 13.0. The maximum Gasteiger partial charge on any atom is 0.410 e. The van der Waals surface area contributed by atoms with Gasteiger partial charge < -0.3 is 15.0 Å². The first-order valence-corrected chi connectivity index (χ1v) is 11.9. The Kier molecular flexibility index (Phi) is 8.76. The molecule has 0 radical (unpaired) electrons. The van der Waals surface area contributed by atoms with E-state index in [0.29, 0.717) is 12.5 Å². The quantitative estimate of drug-likeness (QED) is 0.681. The van der Waals surface area contributed by atoms with Gasteiger partial charge in [-0.3, -0.25) is 9.69 Å². The van der Waals surface area contributed by atoms with Crippen LogP contribution in [-0.4, -0.2) is 64.7 Å². The van der Waals surface area contributed by atoms with Crippen molar-refractivity contribution in [2.45, 2.75) is 110 Å². The van der Waals surface area contributed by atoms with Crippen LogP contribution in [0.25, 0.3) is 0 Å². The van der Waals surface area contributed by atoms with Crippen LogP contribution in [0, 0.1) is 17.2 Å². The molecule has 2 aliphatic rings. The van der Waals surface area contributed by atoms with Crippen molar-refractivity contribution in [2.24, 2.45) is 5.92 Å². The Labute approximate surface area is 188 Å². The van der Waals surface area contributed by atoms with Gasteiger partial charge in [-0.05, 0) is 79.7 Å². The van der Waals surface area contributed by atoms with Crippen molar-refractivity contribution in [1.82, 2.24) is 15.1 Å². The number of hydrogen-bond donors (Lipinski definition) is 1. The Bertz CT molecular complexity index is 659. The molecule has 2 fully saturated rings. The fourth-order valence-corrected chi connectivity index (χ4v) is 4.62. The predicted octanol–water partition coefficient (Wildman–Crippen LogP) is 4.08. The van der Waals surface area contributed by atoms with Crippen LogP contribution in [0.4, 0.5) is 4.79 Å². The minimum absolute atomic E-state index is 0.0488. The van der Waals surface area contributed by atoms with Gasteiger partial charge in [-0.1, -0.05) is 19.3 Å². The third kappa shape index (κ3) is 7.38. The summed E-state index contributed by atoms with van der Waals surface area (Å²) >= 11 is 0. The SMILES string of the molecule is CC(C(=O)NC1(C#N)CCCCC1)N1CCCC(CN(C(=O)OC(C)(C)C)C(C)C)C1. The largest absolute Gasteiger partial charge is 0.444 e. The summed E-state index contributed by atoms with van der Waals surface area (Å²) in [5.41, 5.74) is -1.23. The van der Waals surface area contributed by atoms with E-state index in [2.05, 4.69) is 16.3 Å². The van der Waals surface area contributed by atoms with Crippen molar-refractivity contribution in [1.29, 1.82) is 5.26 Å². The van der Waals surface area contributed by atoms with Gasteiger partial charge in [0.25, 0.3) is 0 Å². The van der Waals surface area contributed by atoms with Crippen LogP contribution in [0.5, 0.6) is 0 Å². The van der Waals surface area contributed by atoms with E-state index in [4.69, 9.17) is 4.74 Å². The first-order valence-electron chi connectivity index (χ1n) is 11.9. The molecule has 0 bridgehead atoms. The van der Waals surface area contributed by atoms with Gasteiger partial charge in [0.15, 0.2) is 0 Å². The molecule has 1 saturated carbocycles. The maximum atomic E-state index is 13.0. The number of hydrogen-bond acceptors (Lipinski definition) is 5. The molecule has 1 N–H and O–H groups in total. The zero-order valence-corrected chi connectivity index (χ0v) is 20.4. The number of ether oxygens (including phenoxy) is 1. The molecule has 2 unspecified atom stereocenters. The summed E-state index contributed by atoms with van der Waals surface area (Å²) in [4.78, 5) is 29.7. The number of nitriles is 1. The molecule has 1 saturated heterocycles. The Morgan fingerprint density at radius 1 is 1.19 bits per heavy atom. The molecule has 1 aliphatic carbocycles. The second-order valence-electron chi connectivity index (χ2n) is 10.6. The van der Waals surface area contributed by atoms with Gasteiger partial charge in [0.1, 0.15) is 11.1 Å². The first-order chi connectivity index (χ1) is 14.5. The Hall–Kier alpha value is -1.81. The number of carbonyl (C=O) groups is 2. The zero-order chi connectivity index (χ0) is 23.2. The number of carbonyl (C=O) groups excluding carboxylic acids is 2. The van der Waals surface area contributed by atoms with Crippen LogP contribution in [0.3, 0.4) is 0 Å². The summed E-state index contributed by atoms with van der Waals surface area (Å²) in [6.07, 6.45) is 6.33. The average molecular weight is 435 g/mol. The van der Waals surface area contributed by atoms with E-state index in [1.54, 1.807) is 4.90 Å². The second kappa shape index (κ2) is 10.7. The second-order valence-corrected chi connectivity index (χ2v) is 10.6. The lowest BCUT2D eigenvalue weighted by atomic mass is 9.82. The zero-order valence-electron chi connectivity index (χ0n) is 20.4. The van der Waals surface area contributed by atoms with Crippen LogP contribution in [0.2, 0.25) is 0 Å². The predicted molar refractivity (Wildman–Crippen MR) is 121 cm³/mol. The van der Waals surface area contributed by atoms with Crippen LogP contribution < -0.4 is 5.32 Å². The lowest BCUT2D eigenvalue weighted by molar-refractivity contribution is -0.128. The van der Waals surface area contributed by atoms with Crippen molar-refractivity contribution >= 4 is 12.0 Å². The van der Waals surface area contributed by atoms with Crippen LogP contribution in [0.15, 0.2) is 0 Å². The molecule has 0 aromatic carbocycles. The fourth-order valence-electron chi connectivity index (χ4n) is 4.62. The van der Waals surface area contributed by atoms with Crippen molar-refractivity contribution in [2.75, 3.05) is 19.6 Å². The van der Waals surface area contributed by atoms with Gasteiger partial charge in [-0.2, -0.15) is 5.26 Å². The molecule has 7 nitrogen and oxygen atoms in total. The highest BCUT2D eigenvalue weighted by molar-refractivity contribution is 5.82. The van der Waals surface area contributed by atoms with Gasteiger partial charge in [0, 0.05) is 19.1 Å². The van der Waals surface area contributed by atoms with Gasteiger partial charge in [0.2, 0.25) is 5.91 Å². The number of rotatable bonds is 6. The monoisotopic (exact) mass is 434 g/mol. The highest BCUT2D eigenvalue weighted by Gasteiger charge is 2.37. The van der Waals surface area contributed by atoms with Crippen molar-refractivity contribution in [3.8, 4) is 6.07 Å². The average Bonchev–Trinajstić information content (AvgIpc) is 2.70. The first kappa shape index (κ1) is 25.5. The number of nitrogens with zero attached hydrogens (tertiary/aromatic N) is 3. The topological polar surface area (TPSA) is 85.7 Å². The minimum Gasteiger partial charge on any atom is -0.444 e. The van der Waals surface area contributed by atoms with Gasteiger partial charge in [-0.15, -0.1) is 0 Å². The van der Waals surface area contributed by atoms with Gasteiger partial charge in [-0.25, -0.2) is 4.79 Å². The van der Waals surface area contributed by atoms with Crippen molar-refractivity contribution < 1.29 is 14.3 Å². The van der Waals surface area contributed by atoms with Gasteiger partial charge >= 0.3 is 6.09 Å². The summed E-state index contributed by atoms with van der Waals surface area (Å²) in [7, 11) is 0. The summed E-state index contributed by atoms with van der Waals surface area (Å²) in [5.74, 6) is 0.232. The lowest BCUT2D eigenvalue weighted by Gasteiger charge is -2.40. The molecule has 0 spiro atoms. The van der Waals surface area contributed by atoms with E-state index < -0.39 is 11.1 Å². The highest BCUT2D eigenvalue weighted by atomic mass is 16.6. The molecule has 7 heteroatoms. The summed E-state index contributed by atoms with van der Waals surface area (Å²) in [6.45, 7) is 13.8. The standard InChI is InChI=1S/C24H42N4O3/c1-18(2)28(22(30)31-23(4,5)6)16-20-11-10-14-27(15-20)19(3)21(29)26-24(17-25)12-8-7-9-13-24/h18-20H,7-16H2,1-6H3,(H,26,29). The lowest BCUT2D eigenvalue weighted by Crippen LogP contribution is -2.56. The van der Waals surface area contributed by atoms with E-state index in [1.807, 2.05) is 41.5 Å². The summed E-state index contributed by atoms with van der Waals surface area (Å²) in [5, 5.41) is 12.8. The Morgan fingerprint density at radius 3 is 2.39 bits per heavy atom. The van der Waals surface area contributed by atoms with Crippen molar-refractivity contribution in [3.05, 3.63) is 0 Å². The molecule has 0 aromatic heterocycles. The normalized spacial score (nSPS) is 23.0. The van der Waals surface area contributed by atoms with Gasteiger partial charge in [0.05, 0.1) is 12.1 Å². The molecule has 1 heterocycles. The number of likely N-dealkylation sites (tertiary alicyclic amines) is 1. The molecular formula is C24H42N4O3. The Morgan fingerprint density at radius 2 is 1.84 bits per heavy atom.